The number of fused-ring (bicyclic) bond motifs is 1. The average molecular weight is 375 g/mol. The Labute approximate surface area is 154 Å². The predicted octanol–water partition coefficient (Wildman–Crippen LogP) is 1.42. The number of hydrogen-bond acceptors (Lipinski definition) is 7. The highest BCUT2D eigenvalue weighted by Gasteiger charge is 2.24. The highest BCUT2D eigenvalue weighted by Crippen LogP contribution is 2.30. The molecule has 2 aromatic heterocycles. The van der Waals surface area contributed by atoms with Crippen LogP contribution in [0.1, 0.15) is 44.2 Å². The van der Waals surface area contributed by atoms with Crippen LogP contribution in [-0.4, -0.2) is 37.6 Å². The summed E-state index contributed by atoms with van der Waals surface area (Å²) in [7, 11) is 0. The second-order valence-corrected chi connectivity index (χ2v) is 7.15. The van der Waals surface area contributed by atoms with Crippen molar-refractivity contribution in [3.8, 4) is 0 Å². The smallest absolute Gasteiger partial charge is 0.256 e. The maximum Gasteiger partial charge on any atom is 0.256 e. The molecule has 0 radical (unpaired) electrons. The number of nitrogens with two attached hydrogens (primary N) is 1. The van der Waals surface area contributed by atoms with Gasteiger partial charge in [-0.3, -0.25) is 19.0 Å². The zero-order chi connectivity index (χ0) is 18.8. The van der Waals surface area contributed by atoms with Crippen molar-refractivity contribution in [1.29, 1.82) is 0 Å². The molecule has 0 aliphatic heterocycles. The van der Waals surface area contributed by atoms with E-state index in [4.69, 9.17) is 5.84 Å². The van der Waals surface area contributed by atoms with Crippen LogP contribution in [0.25, 0.3) is 11.0 Å². The van der Waals surface area contributed by atoms with Crippen molar-refractivity contribution in [2.45, 2.75) is 50.2 Å². The fourth-order valence-corrected chi connectivity index (χ4v) is 3.65. The highest BCUT2D eigenvalue weighted by molar-refractivity contribution is 7.98. The number of amides is 2. The Bertz CT molecular complexity index is 920. The summed E-state index contributed by atoms with van der Waals surface area (Å²) < 4.78 is 1.70. The third-order valence-corrected chi connectivity index (χ3v) is 5.21. The van der Waals surface area contributed by atoms with E-state index in [1.54, 1.807) is 16.8 Å². The number of carbonyl (C=O) groups excluding carboxylic acids is 2. The van der Waals surface area contributed by atoms with E-state index in [-0.39, 0.29) is 18.0 Å². The Morgan fingerprint density at radius 3 is 2.69 bits per heavy atom. The molecule has 26 heavy (non-hydrogen) atoms. The Morgan fingerprint density at radius 1 is 1.38 bits per heavy atom. The van der Waals surface area contributed by atoms with E-state index in [2.05, 4.69) is 9.97 Å². The molecule has 0 atom stereocenters. The molecule has 9 heteroatoms. The molecular formula is C17H21N5O3S. The summed E-state index contributed by atoms with van der Waals surface area (Å²) in [6.07, 6.45) is 7.24. The van der Waals surface area contributed by atoms with Crippen molar-refractivity contribution in [3.63, 3.8) is 0 Å². The molecule has 1 saturated carbocycles. The Kier molecular flexibility index (Phi) is 5.38. The van der Waals surface area contributed by atoms with Crippen molar-refractivity contribution < 1.29 is 9.59 Å². The molecule has 3 rings (SSSR count). The van der Waals surface area contributed by atoms with Crippen molar-refractivity contribution in [2.24, 2.45) is 5.84 Å². The number of imide groups is 1. The summed E-state index contributed by atoms with van der Waals surface area (Å²) in [4.78, 5) is 45.4. The number of hydrazine groups is 1. The van der Waals surface area contributed by atoms with Gasteiger partial charge in [0.1, 0.15) is 5.65 Å². The SMILES string of the molecule is CSc1ncc2cc(CC(=O)N(N)C(C)=O)c(=O)n(C3CCCC3)c2n1. The largest absolute Gasteiger partial charge is 0.289 e. The lowest BCUT2D eigenvalue weighted by Crippen LogP contribution is -2.43. The zero-order valence-corrected chi connectivity index (χ0v) is 15.6. The number of hydrogen-bond donors (Lipinski definition) is 1. The minimum absolute atomic E-state index is 0.0615. The van der Waals surface area contributed by atoms with Gasteiger partial charge in [0.15, 0.2) is 5.16 Å². The molecule has 1 aliphatic rings. The highest BCUT2D eigenvalue weighted by atomic mass is 32.2. The Hall–Kier alpha value is -2.26. The van der Waals surface area contributed by atoms with Crippen LogP contribution in [0, 0.1) is 0 Å². The van der Waals surface area contributed by atoms with Crippen LogP contribution in [0.3, 0.4) is 0 Å². The summed E-state index contributed by atoms with van der Waals surface area (Å²) in [6, 6.07) is 1.69. The van der Waals surface area contributed by atoms with Crippen molar-refractivity contribution >= 4 is 34.6 Å². The van der Waals surface area contributed by atoms with E-state index in [0.29, 0.717) is 26.8 Å². The van der Waals surface area contributed by atoms with Crippen LogP contribution in [-0.2, 0) is 16.0 Å². The van der Waals surface area contributed by atoms with Gasteiger partial charge in [-0.25, -0.2) is 20.8 Å². The molecule has 0 spiro atoms. The number of rotatable bonds is 4. The molecule has 138 valence electrons. The van der Waals surface area contributed by atoms with Crippen molar-refractivity contribution in [1.82, 2.24) is 19.5 Å². The third kappa shape index (κ3) is 3.49. The second-order valence-electron chi connectivity index (χ2n) is 6.38. The minimum Gasteiger partial charge on any atom is -0.289 e. The second kappa shape index (κ2) is 7.55. The van der Waals surface area contributed by atoms with E-state index in [1.165, 1.54) is 18.7 Å². The van der Waals surface area contributed by atoms with Crippen LogP contribution in [0.4, 0.5) is 0 Å². The number of aromatic nitrogens is 3. The fourth-order valence-electron chi connectivity index (χ4n) is 3.31. The standard InChI is InChI=1S/C17H21N5O3S/c1-10(23)22(18)14(24)8-11-7-12-9-19-17(26-2)20-15(12)21(16(11)25)13-5-3-4-6-13/h7,9,13H,3-6,8,18H2,1-2H3. The lowest BCUT2D eigenvalue weighted by atomic mass is 10.1. The van der Waals surface area contributed by atoms with Gasteiger partial charge in [-0.05, 0) is 25.2 Å². The number of nitrogens with zero attached hydrogens (tertiary/aromatic N) is 4. The van der Waals surface area contributed by atoms with Crippen LogP contribution < -0.4 is 11.4 Å². The summed E-state index contributed by atoms with van der Waals surface area (Å²) in [5, 5.41) is 1.83. The van der Waals surface area contributed by atoms with Crippen LogP contribution in [0.15, 0.2) is 22.2 Å². The minimum atomic E-state index is -0.617. The predicted molar refractivity (Wildman–Crippen MR) is 98.5 cm³/mol. The first-order valence-electron chi connectivity index (χ1n) is 8.45. The zero-order valence-electron chi connectivity index (χ0n) is 14.8. The van der Waals surface area contributed by atoms with Crippen LogP contribution in [0.2, 0.25) is 0 Å². The topological polar surface area (TPSA) is 111 Å². The molecule has 0 bridgehead atoms. The first-order chi connectivity index (χ1) is 12.4. The summed E-state index contributed by atoms with van der Waals surface area (Å²) >= 11 is 1.41. The van der Waals surface area contributed by atoms with E-state index in [1.807, 2.05) is 6.26 Å². The van der Waals surface area contributed by atoms with E-state index < -0.39 is 11.8 Å². The van der Waals surface area contributed by atoms with Gasteiger partial charge in [0.25, 0.3) is 5.56 Å². The molecule has 2 aromatic rings. The molecule has 2 heterocycles. The van der Waals surface area contributed by atoms with Gasteiger partial charge in [-0.15, -0.1) is 0 Å². The van der Waals surface area contributed by atoms with Crippen LogP contribution in [0.5, 0.6) is 0 Å². The maximum absolute atomic E-state index is 13.1. The van der Waals surface area contributed by atoms with Gasteiger partial charge in [0.05, 0.1) is 6.42 Å². The molecule has 2 amide bonds. The van der Waals surface area contributed by atoms with Crippen molar-refractivity contribution in [3.05, 3.63) is 28.2 Å². The monoisotopic (exact) mass is 375 g/mol. The van der Waals surface area contributed by atoms with Gasteiger partial charge in [-0.1, -0.05) is 24.6 Å². The van der Waals surface area contributed by atoms with Gasteiger partial charge in [0.2, 0.25) is 11.8 Å². The molecule has 1 aliphatic carbocycles. The molecule has 8 nitrogen and oxygen atoms in total. The third-order valence-electron chi connectivity index (χ3n) is 4.65. The molecule has 0 saturated heterocycles. The lowest BCUT2D eigenvalue weighted by molar-refractivity contribution is -0.143. The maximum atomic E-state index is 13.1. The van der Waals surface area contributed by atoms with Gasteiger partial charge in [-0.2, -0.15) is 0 Å². The number of pyridine rings is 1. The summed E-state index contributed by atoms with van der Waals surface area (Å²) in [5.74, 6) is 4.28. The quantitative estimate of drug-likeness (QED) is 0.283. The lowest BCUT2D eigenvalue weighted by Gasteiger charge is -2.18. The molecule has 0 aromatic carbocycles. The Morgan fingerprint density at radius 2 is 2.08 bits per heavy atom. The fraction of sp³-hybridized carbons (Fsp3) is 0.471. The van der Waals surface area contributed by atoms with E-state index >= 15 is 0 Å². The first kappa shape index (κ1) is 18.5. The van der Waals surface area contributed by atoms with Gasteiger partial charge < -0.3 is 0 Å². The van der Waals surface area contributed by atoms with Gasteiger partial charge >= 0.3 is 0 Å². The normalized spacial score (nSPS) is 14.7. The first-order valence-corrected chi connectivity index (χ1v) is 9.68. The Balaban J connectivity index is 2.13. The van der Waals surface area contributed by atoms with Crippen molar-refractivity contribution in [2.75, 3.05) is 6.26 Å². The summed E-state index contributed by atoms with van der Waals surface area (Å²) in [6.45, 7) is 1.20. The molecule has 0 unspecified atom stereocenters. The van der Waals surface area contributed by atoms with Crippen LogP contribution >= 0.6 is 11.8 Å². The number of thioether (sulfide) groups is 1. The number of carbonyl (C=O) groups is 2. The van der Waals surface area contributed by atoms with E-state index in [0.717, 1.165) is 25.7 Å². The summed E-state index contributed by atoms with van der Waals surface area (Å²) in [5.41, 5.74) is 0.640. The van der Waals surface area contributed by atoms with Gasteiger partial charge in [0, 0.05) is 30.1 Å². The molecule has 1 fully saturated rings. The van der Waals surface area contributed by atoms with E-state index in [9.17, 15) is 14.4 Å². The average Bonchev–Trinajstić information content (AvgIpc) is 3.15. The molecular weight excluding hydrogens is 354 g/mol. The molecule has 2 N–H and O–H groups in total.